The quantitative estimate of drug-likeness (QED) is 0.303. The molecular weight excluding hydrogens is 472 g/mol. The highest BCUT2D eigenvalue weighted by Crippen LogP contribution is 2.32. The molecule has 0 saturated heterocycles. The molecule has 0 atom stereocenters. The third-order valence-corrected chi connectivity index (χ3v) is 6.45. The number of methoxy groups -OCH3 is 1. The molecule has 1 aliphatic rings. The molecule has 2 heterocycles. The number of nitrogens with zero attached hydrogens (tertiary/aromatic N) is 4. The predicted octanol–water partition coefficient (Wildman–Crippen LogP) is 6.04. The van der Waals surface area contributed by atoms with Gasteiger partial charge in [0.25, 0.3) is 5.91 Å². The molecule has 0 N–H and O–H groups in total. The second kappa shape index (κ2) is 10.2. The lowest BCUT2D eigenvalue weighted by molar-refractivity contribution is -0.113. The van der Waals surface area contributed by atoms with Crippen LogP contribution in [0.15, 0.2) is 87.9 Å². The third-order valence-electron chi connectivity index (χ3n) is 5.53. The van der Waals surface area contributed by atoms with Gasteiger partial charge in [0.05, 0.1) is 18.6 Å². The van der Waals surface area contributed by atoms with Crippen molar-refractivity contribution in [2.75, 3.05) is 12.0 Å². The average molecular weight is 497 g/mol. The number of hydrogen-bond donors (Lipinski definition) is 0. The number of anilines is 1. The number of amidine groups is 1. The molecule has 0 unspecified atom stereocenters. The van der Waals surface area contributed by atoms with Crippen molar-refractivity contribution in [1.29, 1.82) is 0 Å². The topological polar surface area (TPSA) is 80.8 Å². The van der Waals surface area contributed by atoms with E-state index in [0.29, 0.717) is 28.4 Å². The van der Waals surface area contributed by atoms with Crippen LogP contribution in [-0.2, 0) is 10.5 Å². The number of carbonyl (C=O) groups excluding carboxylic acids is 1. The number of benzene rings is 3. The van der Waals surface area contributed by atoms with E-state index in [1.54, 1.807) is 18.1 Å². The summed E-state index contributed by atoms with van der Waals surface area (Å²) in [7, 11) is 1.62. The Morgan fingerprint density at radius 2 is 1.69 bits per heavy atom. The van der Waals surface area contributed by atoms with Crippen molar-refractivity contribution < 1.29 is 13.9 Å². The number of hydrogen-bond acceptors (Lipinski definition) is 7. The number of amides is 1. The van der Waals surface area contributed by atoms with Gasteiger partial charge < -0.3 is 9.15 Å². The van der Waals surface area contributed by atoms with Crippen molar-refractivity contribution in [2.45, 2.75) is 19.6 Å². The van der Waals surface area contributed by atoms with Gasteiger partial charge in [0, 0.05) is 5.56 Å². The number of carbonyl (C=O) groups is 1. The first-order chi connectivity index (χ1) is 17.5. The molecule has 180 valence electrons. The van der Waals surface area contributed by atoms with Gasteiger partial charge in [-0.1, -0.05) is 48.2 Å². The summed E-state index contributed by atoms with van der Waals surface area (Å²) in [6.45, 7) is 4.03. The summed E-state index contributed by atoms with van der Waals surface area (Å²) >= 11 is 1.38. The minimum absolute atomic E-state index is 0.186. The summed E-state index contributed by atoms with van der Waals surface area (Å²) in [4.78, 5) is 19.9. The van der Waals surface area contributed by atoms with E-state index in [2.05, 4.69) is 16.3 Å². The van der Waals surface area contributed by atoms with E-state index in [4.69, 9.17) is 14.1 Å². The van der Waals surface area contributed by atoms with Crippen LogP contribution in [0.3, 0.4) is 0 Å². The molecule has 1 amide bonds. The van der Waals surface area contributed by atoms with E-state index >= 15 is 0 Å². The lowest BCUT2D eigenvalue weighted by atomic mass is 10.1. The second-order valence-corrected chi connectivity index (χ2v) is 9.28. The SMILES string of the molecule is COc1ccc(C=C2N=C(SCc3nnc(-c4ccccc4)o3)N(c3cc(C)cc(C)c3)C2=O)cc1. The first kappa shape index (κ1) is 23.6. The van der Waals surface area contributed by atoms with E-state index in [1.165, 1.54) is 11.8 Å². The summed E-state index contributed by atoms with van der Waals surface area (Å²) < 4.78 is 11.1. The largest absolute Gasteiger partial charge is 0.497 e. The Hall–Kier alpha value is -4.17. The molecule has 0 aliphatic carbocycles. The van der Waals surface area contributed by atoms with Gasteiger partial charge in [-0.2, -0.15) is 0 Å². The molecule has 0 saturated carbocycles. The van der Waals surface area contributed by atoms with E-state index < -0.39 is 0 Å². The molecule has 7 nitrogen and oxygen atoms in total. The van der Waals surface area contributed by atoms with Crippen molar-refractivity contribution in [3.8, 4) is 17.2 Å². The Morgan fingerprint density at radius 1 is 0.972 bits per heavy atom. The summed E-state index contributed by atoms with van der Waals surface area (Å²) in [5.74, 6) is 1.86. The van der Waals surface area contributed by atoms with Gasteiger partial charge >= 0.3 is 0 Å². The zero-order valence-electron chi connectivity index (χ0n) is 20.1. The van der Waals surface area contributed by atoms with Crippen molar-refractivity contribution in [2.24, 2.45) is 4.99 Å². The molecule has 1 aliphatic heterocycles. The normalized spacial score (nSPS) is 14.4. The zero-order chi connectivity index (χ0) is 25.1. The third kappa shape index (κ3) is 5.08. The van der Waals surface area contributed by atoms with Crippen molar-refractivity contribution in [3.05, 3.63) is 101 Å². The maximum Gasteiger partial charge on any atom is 0.283 e. The molecule has 0 fully saturated rings. The highest BCUT2D eigenvalue weighted by Gasteiger charge is 2.32. The van der Waals surface area contributed by atoms with Crippen LogP contribution in [0.2, 0.25) is 0 Å². The number of rotatable bonds is 6. The summed E-state index contributed by atoms with van der Waals surface area (Å²) in [5, 5.41) is 8.90. The van der Waals surface area contributed by atoms with E-state index in [1.807, 2.05) is 80.6 Å². The molecule has 8 heteroatoms. The Bertz CT molecular complexity index is 1440. The van der Waals surface area contributed by atoms with Gasteiger partial charge in [0.2, 0.25) is 11.8 Å². The number of ether oxygens (including phenoxy) is 1. The first-order valence-electron chi connectivity index (χ1n) is 11.4. The number of aryl methyl sites for hydroxylation is 2. The summed E-state index contributed by atoms with van der Waals surface area (Å²) in [6.07, 6.45) is 1.78. The van der Waals surface area contributed by atoms with Crippen LogP contribution < -0.4 is 9.64 Å². The highest BCUT2D eigenvalue weighted by molar-refractivity contribution is 8.13. The molecular formula is C28H24N4O3S. The maximum atomic E-state index is 13.5. The van der Waals surface area contributed by atoms with Crippen LogP contribution >= 0.6 is 11.8 Å². The molecule has 4 aromatic rings. The maximum absolute atomic E-state index is 13.5. The van der Waals surface area contributed by atoms with Crippen LogP contribution in [0.1, 0.15) is 22.6 Å². The van der Waals surface area contributed by atoms with Crippen molar-refractivity contribution in [3.63, 3.8) is 0 Å². The van der Waals surface area contributed by atoms with Gasteiger partial charge in [0.1, 0.15) is 11.4 Å². The number of aromatic nitrogens is 2. The summed E-state index contributed by atoms with van der Waals surface area (Å²) in [6, 6.07) is 23.2. The molecule has 1 aromatic heterocycles. The number of thioether (sulfide) groups is 1. The van der Waals surface area contributed by atoms with Crippen LogP contribution in [0, 0.1) is 13.8 Å². The van der Waals surface area contributed by atoms with Gasteiger partial charge in [0.15, 0.2) is 5.17 Å². The highest BCUT2D eigenvalue weighted by atomic mass is 32.2. The van der Waals surface area contributed by atoms with Crippen LogP contribution in [0.5, 0.6) is 5.75 Å². The monoisotopic (exact) mass is 496 g/mol. The summed E-state index contributed by atoms with van der Waals surface area (Å²) in [5.41, 5.74) is 4.99. The van der Waals surface area contributed by atoms with E-state index in [-0.39, 0.29) is 5.91 Å². The molecule has 5 rings (SSSR count). The minimum atomic E-state index is -0.186. The Balaban J connectivity index is 1.44. The fourth-order valence-corrected chi connectivity index (χ4v) is 4.74. The molecule has 0 radical (unpaired) electrons. The van der Waals surface area contributed by atoms with Gasteiger partial charge in [-0.25, -0.2) is 4.99 Å². The molecule has 0 spiro atoms. The van der Waals surface area contributed by atoms with E-state index in [0.717, 1.165) is 33.7 Å². The fourth-order valence-electron chi connectivity index (χ4n) is 3.89. The fraction of sp³-hybridized carbons (Fsp3) is 0.143. The Kier molecular flexibility index (Phi) is 6.69. The minimum Gasteiger partial charge on any atom is -0.497 e. The second-order valence-electron chi connectivity index (χ2n) is 8.34. The average Bonchev–Trinajstić information content (AvgIpc) is 3.48. The zero-order valence-corrected chi connectivity index (χ0v) is 21.0. The molecule has 0 bridgehead atoms. The lowest BCUT2D eigenvalue weighted by Crippen LogP contribution is -2.30. The van der Waals surface area contributed by atoms with Crippen LogP contribution in [-0.4, -0.2) is 28.4 Å². The van der Waals surface area contributed by atoms with Crippen molar-refractivity contribution in [1.82, 2.24) is 10.2 Å². The molecule has 36 heavy (non-hydrogen) atoms. The Morgan fingerprint density at radius 3 is 2.39 bits per heavy atom. The lowest BCUT2D eigenvalue weighted by Gasteiger charge is -2.18. The van der Waals surface area contributed by atoms with Gasteiger partial charge in [-0.05, 0) is 73.0 Å². The smallest absolute Gasteiger partial charge is 0.283 e. The predicted molar refractivity (Wildman–Crippen MR) is 143 cm³/mol. The standard InChI is InChI=1S/C28H24N4O3S/c1-18-13-19(2)15-22(14-18)32-27(33)24(16-20-9-11-23(34-3)12-10-20)29-28(32)36-17-25-30-31-26(35-25)21-7-5-4-6-8-21/h4-16H,17H2,1-3H3. The van der Waals surface area contributed by atoms with E-state index in [9.17, 15) is 4.79 Å². The van der Waals surface area contributed by atoms with Gasteiger partial charge in [-0.15, -0.1) is 10.2 Å². The van der Waals surface area contributed by atoms with Crippen LogP contribution in [0.4, 0.5) is 5.69 Å². The number of aliphatic imine (C=N–C) groups is 1. The first-order valence-corrected chi connectivity index (χ1v) is 12.4. The van der Waals surface area contributed by atoms with Crippen molar-refractivity contribution >= 4 is 34.6 Å². The van der Waals surface area contributed by atoms with Crippen LogP contribution in [0.25, 0.3) is 17.5 Å². The Labute approximate surface area is 213 Å². The molecule has 3 aromatic carbocycles. The van der Waals surface area contributed by atoms with Gasteiger partial charge in [-0.3, -0.25) is 9.69 Å².